The van der Waals surface area contributed by atoms with Crippen LogP contribution < -0.4 is 0 Å². The van der Waals surface area contributed by atoms with Crippen molar-refractivity contribution in [1.82, 2.24) is 43.6 Å². The predicted octanol–water partition coefficient (Wildman–Crippen LogP) is 34.2. The van der Waals surface area contributed by atoms with E-state index in [1.807, 2.05) is 48.5 Å². The smallest absolute Gasteiger partial charge is 0.145 e. The highest BCUT2D eigenvalue weighted by atomic mass is 15.1. The van der Waals surface area contributed by atoms with Crippen LogP contribution in [0.5, 0.6) is 0 Å². The van der Waals surface area contributed by atoms with E-state index in [0.717, 1.165) is 169 Å². The lowest BCUT2D eigenvalue weighted by molar-refractivity contribution is 1.10. The Morgan fingerprint density at radius 3 is 0.801 bits per heavy atom. The summed E-state index contributed by atoms with van der Waals surface area (Å²) in [6.07, 6.45) is 0. The molecule has 0 spiro atoms. The molecule has 9 nitrogen and oxygen atoms in total. The summed E-state index contributed by atoms with van der Waals surface area (Å²) in [5.41, 5.74) is 31.7. The molecule has 660 valence electrons. The lowest BCUT2D eigenvalue weighted by Gasteiger charge is -2.16. The molecule has 0 atom stereocenters. The third-order valence-corrected chi connectivity index (χ3v) is 26.9. The minimum atomic E-state index is 0.920. The van der Waals surface area contributed by atoms with E-state index in [-0.39, 0.29) is 0 Å². The van der Waals surface area contributed by atoms with Crippen LogP contribution in [-0.2, 0) is 0 Å². The largest absolute Gasteiger partial charge is 0.292 e. The molecule has 0 unspecified atom stereocenters. The molecule has 27 rings (SSSR count). The molecule has 0 fully saturated rings. The van der Waals surface area contributed by atoms with E-state index in [1.165, 1.54) is 81.3 Å². The van der Waals surface area contributed by atoms with Gasteiger partial charge in [-0.1, -0.05) is 394 Å². The van der Waals surface area contributed by atoms with Gasteiger partial charge in [-0.05, 0) is 231 Å². The van der Waals surface area contributed by atoms with Crippen molar-refractivity contribution in [1.29, 1.82) is 0 Å². The predicted molar refractivity (Wildman–Crippen MR) is 587 cm³/mol. The molecule has 6 heterocycles. The van der Waals surface area contributed by atoms with Crippen molar-refractivity contribution in [2.24, 2.45) is 0 Å². The average molecular weight is 1800 g/mol. The third kappa shape index (κ3) is 16.3. The quantitative estimate of drug-likeness (QED) is 0.0950. The van der Waals surface area contributed by atoms with Crippen LogP contribution in [-0.4, -0.2) is 43.6 Å². The maximum atomic E-state index is 5.49. The maximum absolute atomic E-state index is 5.49. The van der Waals surface area contributed by atoms with Crippen molar-refractivity contribution < 1.29 is 0 Å². The van der Waals surface area contributed by atoms with Gasteiger partial charge in [0.2, 0.25) is 0 Å². The number of pyridine rings is 3. The molecule has 0 N–H and O–H groups in total. The fraction of sp³-hybridized carbons (Fsp3) is 0. The molecule has 0 aliphatic heterocycles. The number of para-hydroxylation sites is 6. The molecule has 0 saturated heterocycles. The van der Waals surface area contributed by atoms with E-state index in [0.29, 0.717) is 0 Å². The molecule has 141 heavy (non-hydrogen) atoms. The van der Waals surface area contributed by atoms with E-state index in [9.17, 15) is 0 Å². The van der Waals surface area contributed by atoms with Gasteiger partial charge in [0.15, 0.2) is 0 Å². The second kappa shape index (κ2) is 36.7. The number of imidazole rings is 3. The second-order valence-corrected chi connectivity index (χ2v) is 35.6. The summed E-state index contributed by atoms with van der Waals surface area (Å²) >= 11 is 0. The molecule has 0 aliphatic carbocycles. The van der Waals surface area contributed by atoms with Crippen LogP contribution in [0.25, 0.3) is 250 Å². The fourth-order valence-corrected chi connectivity index (χ4v) is 20.0. The number of aromatic nitrogens is 9. The lowest BCUT2D eigenvalue weighted by atomic mass is 9.91. The highest BCUT2D eigenvalue weighted by Crippen LogP contribution is 2.44. The summed E-state index contributed by atoms with van der Waals surface area (Å²) in [5.74, 6) is 2.78. The Morgan fingerprint density at radius 1 is 0.128 bits per heavy atom. The molecule has 27 aromatic rings. The Labute approximate surface area is 815 Å². The molecular formula is C132H87N9. The van der Waals surface area contributed by atoms with Gasteiger partial charge in [-0.15, -0.1) is 0 Å². The SMILES string of the molecule is c1ccc(-c2cc(-c3ccccc3)nc(-c3ccc(-n4c(-c5ccccc5)nc5ccccc54)cc3)c2)cc1.c1ccc(-c2nc3ccccc3n2-c2ccc(-c3cc(-c4cc5ccccc5c5ccccc45)cc(-c4cc5ccccc5c5ccccc45)n3)cc2)cc1.c1ccc(-c2nc3ccccc3n2-c2ccc(-c3cc(-c4ccc5ccccc5c4)cc(-c4ccc5ccccc5c4)n3)cc2)cc1. The lowest BCUT2D eigenvalue weighted by Crippen LogP contribution is -1.98. The van der Waals surface area contributed by atoms with Gasteiger partial charge in [0, 0.05) is 67.1 Å². The summed E-state index contributed by atoms with van der Waals surface area (Å²) < 4.78 is 6.73. The highest BCUT2D eigenvalue weighted by Gasteiger charge is 2.23. The third-order valence-electron chi connectivity index (χ3n) is 26.9. The highest BCUT2D eigenvalue weighted by molar-refractivity contribution is 6.16. The van der Waals surface area contributed by atoms with Crippen molar-refractivity contribution in [3.05, 3.63) is 528 Å². The molecule has 6 aromatic heterocycles. The average Bonchev–Trinajstić information content (AvgIpc) is 1.28. The number of nitrogens with zero attached hydrogens (tertiary/aromatic N) is 9. The van der Waals surface area contributed by atoms with Crippen LogP contribution in [0.2, 0.25) is 0 Å². The van der Waals surface area contributed by atoms with E-state index in [2.05, 4.69) is 493 Å². The monoisotopic (exact) mass is 1800 g/mol. The van der Waals surface area contributed by atoms with Crippen LogP contribution in [0, 0.1) is 0 Å². The maximum Gasteiger partial charge on any atom is 0.145 e. The molecular weight excluding hydrogens is 1710 g/mol. The zero-order valence-electron chi connectivity index (χ0n) is 76.8. The Hall–Kier alpha value is -19.0. The topological polar surface area (TPSA) is 92.1 Å². The minimum Gasteiger partial charge on any atom is -0.292 e. The number of benzene rings is 21. The molecule has 0 saturated carbocycles. The Bertz CT molecular complexity index is 9090. The van der Waals surface area contributed by atoms with Gasteiger partial charge in [-0.2, -0.15) is 0 Å². The molecule has 0 bridgehead atoms. The van der Waals surface area contributed by atoms with Crippen molar-refractivity contribution >= 4 is 97.7 Å². The summed E-state index contributed by atoms with van der Waals surface area (Å²) in [7, 11) is 0. The first-order valence-corrected chi connectivity index (χ1v) is 47.8. The zero-order valence-corrected chi connectivity index (χ0v) is 76.8. The van der Waals surface area contributed by atoms with E-state index < -0.39 is 0 Å². The minimum absolute atomic E-state index is 0.920. The van der Waals surface area contributed by atoms with Gasteiger partial charge in [-0.25, -0.2) is 29.9 Å². The van der Waals surface area contributed by atoms with Gasteiger partial charge in [0.05, 0.1) is 67.3 Å². The first-order chi connectivity index (χ1) is 69.9. The summed E-state index contributed by atoms with van der Waals surface area (Å²) in [5, 5.41) is 14.7. The fourth-order valence-electron chi connectivity index (χ4n) is 20.0. The Balaban J connectivity index is 0.000000113. The van der Waals surface area contributed by atoms with Gasteiger partial charge in [0.1, 0.15) is 17.5 Å². The van der Waals surface area contributed by atoms with Crippen LogP contribution in [0.15, 0.2) is 528 Å². The van der Waals surface area contributed by atoms with E-state index in [4.69, 9.17) is 29.9 Å². The van der Waals surface area contributed by atoms with Crippen molar-refractivity contribution in [3.8, 4) is 152 Å². The first-order valence-electron chi connectivity index (χ1n) is 47.8. The summed E-state index contributed by atoms with van der Waals surface area (Å²) in [4.78, 5) is 30.9. The Kier molecular flexibility index (Phi) is 21.8. The molecule has 9 heteroatoms. The standard InChI is InChI=1S/C52H33N3.C44H29N3.C36H25N3/c1-2-14-35(15-3-1)52-54-48-24-12-13-25-51(48)55(52)39-28-26-34(27-29-39)49-32-38(46-30-36-16-4-6-18-40(36)42-20-8-10-22-44(42)46)33-50(53-49)47-31-37-17-5-7-19-41(37)43-21-9-11-23-45(43)47;1-2-12-33(13-3-1)44-46-40-16-8-9-17-43(40)47(44)39-24-22-32(23-25-39)41-28-38(36-20-18-30-10-4-6-14-34(30)26-36)29-42(45-41)37-21-19-31-11-5-7-15-35(31)27-37;1-4-12-26(13-5-1)30-24-33(27-14-6-2-7-15-27)37-34(25-30)28-20-22-31(23-21-28)39-35-19-11-10-18-32(35)38-36(39)29-16-8-3-9-17-29/h1-33H;1-29H;1-25H. The normalized spacial score (nSPS) is 11.4. The first kappa shape index (κ1) is 83.8. The number of hydrogen-bond acceptors (Lipinski definition) is 6. The molecule has 21 aromatic carbocycles. The Morgan fingerprint density at radius 2 is 0.390 bits per heavy atom. The second-order valence-electron chi connectivity index (χ2n) is 35.6. The van der Waals surface area contributed by atoms with Crippen LogP contribution in [0.4, 0.5) is 0 Å². The van der Waals surface area contributed by atoms with Crippen molar-refractivity contribution in [2.45, 2.75) is 0 Å². The summed E-state index contributed by atoms with van der Waals surface area (Å²) in [6, 6.07) is 186. The van der Waals surface area contributed by atoms with Gasteiger partial charge >= 0.3 is 0 Å². The van der Waals surface area contributed by atoms with Crippen LogP contribution in [0.3, 0.4) is 0 Å². The van der Waals surface area contributed by atoms with Gasteiger partial charge in [-0.3, -0.25) is 13.7 Å². The van der Waals surface area contributed by atoms with Crippen molar-refractivity contribution in [2.75, 3.05) is 0 Å². The number of hydrogen-bond donors (Lipinski definition) is 0. The number of rotatable bonds is 15. The van der Waals surface area contributed by atoms with E-state index >= 15 is 0 Å². The molecule has 0 amide bonds. The number of fused-ring (bicyclic) bond motifs is 11. The van der Waals surface area contributed by atoms with Crippen LogP contribution >= 0.6 is 0 Å². The van der Waals surface area contributed by atoms with E-state index in [1.54, 1.807) is 0 Å². The molecule has 0 aliphatic rings. The zero-order chi connectivity index (χ0) is 93.5. The van der Waals surface area contributed by atoms with Gasteiger partial charge in [0.25, 0.3) is 0 Å². The molecule has 0 radical (unpaired) electrons. The van der Waals surface area contributed by atoms with Crippen LogP contribution in [0.1, 0.15) is 0 Å². The van der Waals surface area contributed by atoms with Crippen molar-refractivity contribution in [3.63, 3.8) is 0 Å². The van der Waals surface area contributed by atoms with Gasteiger partial charge < -0.3 is 0 Å². The summed E-state index contributed by atoms with van der Waals surface area (Å²) in [6.45, 7) is 0.